The largest absolute Gasteiger partial charge is 1.00 e. The summed E-state index contributed by atoms with van der Waals surface area (Å²) in [7, 11) is 0. The fraction of sp³-hybridized carbons (Fsp3) is 1.00. The second-order valence-corrected chi connectivity index (χ2v) is 4.24. The summed E-state index contributed by atoms with van der Waals surface area (Å²) < 4.78 is 1.38. The molecule has 0 aliphatic carbocycles. The highest BCUT2D eigenvalue weighted by molar-refractivity contribution is 5.75. The van der Waals surface area contributed by atoms with Gasteiger partial charge in [0.25, 0.3) is 0 Å². The highest BCUT2D eigenvalue weighted by Crippen LogP contribution is 2.12. The summed E-state index contributed by atoms with van der Waals surface area (Å²) in [4.78, 5) is 0. The number of hydrogen-bond acceptors (Lipinski definition) is 0. The van der Waals surface area contributed by atoms with Crippen LogP contribution in [0.15, 0.2) is 0 Å². The molecule has 0 saturated carbocycles. The van der Waals surface area contributed by atoms with E-state index in [0.29, 0.717) is 0 Å². The van der Waals surface area contributed by atoms with E-state index < -0.39 is 0 Å². The van der Waals surface area contributed by atoms with Gasteiger partial charge < -0.3 is 12.9 Å². The van der Waals surface area contributed by atoms with Crippen LogP contribution >= 0.6 is 0 Å². The zero-order valence-corrected chi connectivity index (χ0v) is 10.7. The first-order valence-corrected chi connectivity index (χ1v) is 6.09. The van der Waals surface area contributed by atoms with E-state index in [9.17, 15) is 0 Å². The Bertz CT molecular complexity index is 85.4. The lowest BCUT2D eigenvalue weighted by atomic mass is 10.2. The molecule has 0 bridgehead atoms. The van der Waals surface area contributed by atoms with Gasteiger partial charge in [0.15, 0.2) is 0 Å². The Kier molecular flexibility index (Phi) is 11.3. The van der Waals surface area contributed by atoms with Crippen LogP contribution < -0.4 is 0 Å². The van der Waals surface area contributed by atoms with Gasteiger partial charge in [-0.3, -0.25) is 0 Å². The van der Waals surface area contributed by atoms with Crippen molar-refractivity contribution < 1.29 is 4.48 Å². The lowest BCUT2D eigenvalue weighted by Gasteiger charge is -2.38. The van der Waals surface area contributed by atoms with Crippen LogP contribution in [0, 0.1) is 0 Å². The van der Waals surface area contributed by atoms with Crippen molar-refractivity contribution in [2.75, 3.05) is 26.2 Å². The van der Waals surface area contributed by atoms with E-state index in [1.165, 1.54) is 56.3 Å². The predicted octanol–water partition coefficient (Wildman–Crippen LogP) is 3.06. The maximum Gasteiger partial charge on any atom is 0.0783 e. The summed E-state index contributed by atoms with van der Waals surface area (Å²) in [5.41, 5.74) is 0. The first-order valence-electron chi connectivity index (χ1n) is 6.09. The van der Waals surface area contributed by atoms with E-state index in [2.05, 4.69) is 27.7 Å². The van der Waals surface area contributed by atoms with E-state index in [0.717, 1.165) is 0 Å². The van der Waals surface area contributed by atoms with E-state index in [4.69, 9.17) is 0 Å². The molecule has 0 aliphatic heterocycles. The Morgan fingerprint density at radius 3 is 0.929 bits per heavy atom. The number of quaternary nitrogens is 1. The molecule has 0 aromatic carbocycles. The number of hydrogen-bond donors (Lipinski definition) is 0. The smallest absolute Gasteiger partial charge is 0.0783 e. The third-order valence-electron chi connectivity index (χ3n) is 2.79. The van der Waals surface area contributed by atoms with Crippen molar-refractivity contribution in [3.63, 3.8) is 0 Å². The zero-order valence-electron chi connectivity index (χ0n) is 10.7. The van der Waals surface area contributed by atoms with Crippen LogP contribution in [-0.4, -0.2) is 39.1 Å². The quantitative estimate of drug-likeness (QED) is 0.414. The highest BCUT2D eigenvalue weighted by atomic mass is 15.3. The summed E-state index contributed by atoms with van der Waals surface area (Å²) >= 11 is 0. The van der Waals surface area contributed by atoms with Gasteiger partial charge in [0.05, 0.1) is 26.2 Å². The molecular formula is C12H28BN. The van der Waals surface area contributed by atoms with Crippen molar-refractivity contribution in [2.24, 2.45) is 0 Å². The fourth-order valence-electron chi connectivity index (χ4n) is 2.57. The highest BCUT2D eigenvalue weighted by Gasteiger charge is 2.22. The van der Waals surface area contributed by atoms with Gasteiger partial charge in [-0.15, -0.1) is 0 Å². The molecule has 2 heteroatoms. The minimum Gasteiger partial charge on any atom is -1.00 e. The Labute approximate surface area is 93.0 Å². The van der Waals surface area contributed by atoms with Crippen molar-refractivity contribution in [2.45, 2.75) is 53.4 Å². The van der Waals surface area contributed by atoms with Gasteiger partial charge in [0.2, 0.25) is 0 Å². The molecule has 0 fully saturated rings. The molecule has 0 amide bonds. The molecular weight excluding hydrogens is 169 g/mol. The maximum absolute atomic E-state index is 2.31. The Morgan fingerprint density at radius 1 is 0.571 bits per heavy atom. The van der Waals surface area contributed by atoms with Crippen LogP contribution in [0.25, 0.3) is 0 Å². The van der Waals surface area contributed by atoms with Crippen LogP contribution in [0.1, 0.15) is 53.4 Å². The van der Waals surface area contributed by atoms with Gasteiger partial charge in [0, 0.05) is 0 Å². The first kappa shape index (κ1) is 16.5. The third-order valence-corrected chi connectivity index (χ3v) is 2.79. The molecule has 0 aromatic rings. The lowest BCUT2D eigenvalue weighted by Crippen LogP contribution is -2.50. The zero-order chi connectivity index (χ0) is 10.2. The molecule has 0 unspecified atom stereocenters. The van der Waals surface area contributed by atoms with Crippen molar-refractivity contribution in [1.82, 2.24) is 0 Å². The molecule has 14 heavy (non-hydrogen) atoms. The van der Waals surface area contributed by atoms with Crippen molar-refractivity contribution in [3.05, 3.63) is 0 Å². The van der Waals surface area contributed by atoms with Gasteiger partial charge in [0.1, 0.15) is 0 Å². The number of rotatable bonds is 8. The molecule has 0 saturated heterocycles. The van der Waals surface area contributed by atoms with Gasteiger partial charge in [-0.25, -0.2) is 0 Å². The molecule has 1 nitrogen and oxygen atoms in total. The summed E-state index contributed by atoms with van der Waals surface area (Å²) in [6.07, 6.45) is 5.33. The average Bonchev–Trinajstić information content (AvgIpc) is 2.06. The molecule has 0 spiro atoms. The van der Waals surface area contributed by atoms with Gasteiger partial charge in [-0.2, -0.15) is 0 Å². The normalized spacial score (nSPS) is 11.1. The molecule has 0 aromatic heterocycles. The van der Waals surface area contributed by atoms with Crippen molar-refractivity contribution in [1.29, 1.82) is 0 Å². The van der Waals surface area contributed by atoms with Crippen molar-refractivity contribution >= 4 is 8.41 Å². The summed E-state index contributed by atoms with van der Waals surface area (Å²) in [5, 5.41) is 0. The molecule has 0 aliphatic rings. The van der Waals surface area contributed by atoms with Crippen LogP contribution in [0.3, 0.4) is 0 Å². The predicted molar refractivity (Wildman–Crippen MR) is 66.6 cm³/mol. The molecule has 0 heterocycles. The SMILES string of the molecule is CCC[N+](CCC)(CCC)CCC.[B-]. The Hall–Kier alpha value is 0.0249. The fourth-order valence-corrected chi connectivity index (χ4v) is 2.57. The van der Waals surface area contributed by atoms with E-state index in [1.54, 1.807) is 0 Å². The van der Waals surface area contributed by atoms with E-state index in [-0.39, 0.29) is 8.41 Å². The monoisotopic (exact) mass is 197 g/mol. The van der Waals surface area contributed by atoms with Crippen LogP contribution in [0.4, 0.5) is 0 Å². The minimum atomic E-state index is 0. The summed E-state index contributed by atoms with van der Waals surface area (Å²) in [5.74, 6) is 0. The topological polar surface area (TPSA) is 0 Å². The van der Waals surface area contributed by atoms with Crippen LogP contribution in [-0.2, 0) is 0 Å². The molecule has 0 rings (SSSR count). The molecule has 84 valence electrons. The van der Waals surface area contributed by atoms with Gasteiger partial charge in [-0.1, -0.05) is 27.7 Å². The first-order chi connectivity index (χ1) is 6.24. The van der Waals surface area contributed by atoms with Gasteiger partial charge >= 0.3 is 0 Å². The maximum atomic E-state index is 2.31. The second-order valence-electron chi connectivity index (χ2n) is 4.24. The second kappa shape index (κ2) is 9.58. The van der Waals surface area contributed by atoms with Crippen molar-refractivity contribution in [3.8, 4) is 0 Å². The lowest BCUT2D eigenvalue weighted by molar-refractivity contribution is -0.928. The molecule has 4 radical (unpaired) electrons. The minimum absolute atomic E-state index is 0. The average molecular weight is 197 g/mol. The van der Waals surface area contributed by atoms with Crippen LogP contribution in [0.2, 0.25) is 0 Å². The van der Waals surface area contributed by atoms with Crippen LogP contribution in [0.5, 0.6) is 0 Å². The standard InChI is InChI=1S/C12H28N.B/c1-5-9-13(10-6-2,11-7-3)12-8-4;/h5-12H2,1-4H3;/q+1;-1. The molecule has 0 N–H and O–H groups in total. The summed E-state index contributed by atoms with van der Waals surface area (Å²) in [6.45, 7) is 14.8. The van der Waals surface area contributed by atoms with E-state index >= 15 is 0 Å². The van der Waals surface area contributed by atoms with Gasteiger partial charge in [-0.05, 0) is 25.7 Å². The Balaban J connectivity index is 0. The van der Waals surface area contributed by atoms with E-state index in [1.807, 2.05) is 0 Å². The molecule has 0 atom stereocenters. The Morgan fingerprint density at radius 2 is 0.786 bits per heavy atom. The number of nitrogens with zero attached hydrogens (tertiary/aromatic N) is 1. The third kappa shape index (κ3) is 5.69. The summed E-state index contributed by atoms with van der Waals surface area (Å²) in [6, 6.07) is 0.